The Hall–Kier alpha value is -1.16. The minimum atomic E-state index is -0.249. The third kappa shape index (κ3) is 1.49. The summed E-state index contributed by atoms with van der Waals surface area (Å²) in [5, 5.41) is 0.552. The Kier molecular flexibility index (Phi) is 2.14. The highest BCUT2D eigenvalue weighted by molar-refractivity contribution is 8.13. The number of amides is 1. The van der Waals surface area contributed by atoms with Gasteiger partial charge in [0.1, 0.15) is 5.92 Å². The Balaban J connectivity index is 2.39. The van der Waals surface area contributed by atoms with Gasteiger partial charge in [-0.3, -0.25) is 4.79 Å². The number of carbonyl (C=O) groups excluding carboxylic acids is 1. The molecule has 0 aromatic rings. The molecule has 0 fully saturated rings. The largest absolute Gasteiger partial charge is 0.271 e. The maximum absolute atomic E-state index is 11.4. The molecule has 2 rings (SSSR count). The second-order valence-electron chi connectivity index (χ2n) is 2.70. The molecule has 0 radical (unpaired) electrons. The highest BCUT2D eigenvalue weighted by Gasteiger charge is 2.25. The molecular formula is C9H8N2OS. The van der Waals surface area contributed by atoms with Crippen LogP contribution in [0.2, 0.25) is 0 Å². The summed E-state index contributed by atoms with van der Waals surface area (Å²) in [5.74, 6) is -0.365. The average Bonchev–Trinajstić information content (AvgIpc) is 2.18. The van der Waals surface area contributed by atoms with E-state index < -0.39 is 0 Å². The van der Waals surface area contributed by atoms with Crippen LogP contribution in [0.1, 0.15) is 0 Å². The molecule has 1 unspecified atom stereocenters. The summed E-state index contributed by atoms with van der Waals surface area (Å²) in [5.41, 5.74) is 0.798. The van der Waals surface area contributed by atoms with Gasteiger partial charge in [0, 0.05) is 0 Å². The predicted octanol–water partition coefficient (Wildman–Crippen LogP) is 1.43. The first-order chi connectivity index (χ1) is 6.31. The van der Waals surface area contributed by atoms with Crippen molar-refractivity contribution in [3.8, 4) is 0 Å². The van der Waals surface area contributed by atoms with Crippen LogP contribution in [0.15, 0.2) is 34.3 Å². The van der Waals surface area contributed by atoms with Crippen molar-refractivity contribution < 1.29 is 4.79 Å². The standard InChI is InChI=1S/C9H8N2OS/c1-13-9-10-7-5-3-2-4-6(7)8(12)11-9/h2-6H,1H3. The normalized spacial score (nSPS) is 25.3. The summed E-state index contributed by atoms with van der Waals surface area (Å²) in [7, 11) is 0. The number of aliphatic imine (C=N–C) groups is 2. The van der Waals surface area contributed by atoms with Crippen molar-refractivity contribution in [3.05, 3.63) is 24.3 Å². The van der Waals surface area contributed by atoms with Crippen LogP contribution in [0.25, 0.3) is 0 Å². The maximum Gasteiger partial charge on any atom is 0.261 e. The van der Waals surface area contributed by atoms with E-state index in [0.717, 1.165) is 5.71 Å². The Morgan fingerprint density at radius 1 is 1.38 bits per heavy atom. The van der Waals surface area contributed by atoms with Gasteiger partial charge >= 0.3 is 0 Å². The molecular weight excluding hydrogens is 184 g/mol. The van der Waals surface area contributed by atoms with Crippen LogP contribution in [-0.2, 0) is 4.79 Å². The van der Waals surface area contributed by atoms with Crippen molar-refractivity contribution in [1.29, 1.82) is 0 Å². The van der Waals surface area contributed by atoms with E-state index in [9.17, 15) is 4.79 Å². The fourth-order valence-electron chi connectivity index (χ4n) is 1.24. The van der Waals surface area contributed by atoms with E-state index in [1.54, 1.807) is 0 Å². The van der Waals surface area contributed by atoms with Gasteiger partial charge in [-0.2, -0.15) is 4.99 Å². The van der Waals surface area contributed by atoms with E-state index in [2.05, 4.69) is 9.98 Å². The summed E-state index contributed by atoms with van der Waals surface area (Å²) in [6.07, 6.45) is 9.27. The molecule has 0 saturated heterocycles. The summed E-state index contributed by atoms with van der Waals surface area (Å²) in [4.78, 5) is 19.5. The van der Waals surface area contributed by atoms with E-state index in [0.29, 0.717) is 5.17 Å². The molecule has 3 nitrogen and oxygen atoms in total. The van der Waals surface area contributed by atoms with Gasteiger partial charge in [-0.25, -0.2) is 4.99 Å². The fourth-order valence-corrected chi connectivity index (χ4v) is 1.62. The topological polar surface area (TPSA) is 41.8 Å². The monoisotopic (exact) mass is 192 g/mol. The lowest BCUT2D eigenvalue weighted by Crippen LogP contribution is -2.25. The predicted molar refractivity (Wildman–Crippen MR) is 55.2 cm³/mol. The summed E-state index contributed by atoms with van der Waals surface area (Å²) in [6, 6.07) is 0. The molecule has 0 aromatic carbocycles. The SMILES string of the molecule is CSC1=NC(=O)C2C=CC=CC2=N1. The van der Waals surface area contributed by atoms with Crippen molar-refractivity contribution in [2.24, 2.45) is 15.9 Å². The summed E-state index contributed by atoms with van der Waals surface area (Å²) < 4.78 is 0. The highest BCUT2D eigenvalue weighted by Crippen LogP contribution is 2.18. The van der Waals surface area contributed by atoms with Crippen LogP contribution in [0, 0.1) is 5.92 Å². The molecule has 1 atom stereocenters. The van der Waals surface area contributed by atoms with E-state index in [4.69, 9.17) is 0 Å². The molecule has 13 heavy (non-hydrogen) atoms. The van der Waals surface area contributed by atoms with Crippen LogP contribution in [0.4, 0.5) is 0 Å². The van der Waals surface area contributed by atoms with Gasteiger partial charge in [-0.05, 0) is 12.3 Å². The second-order valence-corrected chi connectivity index (χ2v) is 3.47. The number of rotatable bonds is 0. The molecule has 66 valence electrons. The first kappa shape index (κ1) is 8.44. The van der Waals surface area contributed by atoms with Gasteiger partial charge in [0.25, 0.3) is 5.91 Å². The Morgan fingerprint density at radius 2 is 2.23 bits per heavy atom. The molecule has 2 aliphatic rings. The lowest BCUT2D eigenvalue weighted by Gasteiger charge is -2.16. The lowest BCUT2D eigenvalue weighted by atomic mass is 9.97. The van der Waals surface area contributed by atoms with Crippen molar-refractivity contribution in [2.75, 3.05) is 6.26 Å². The molecule has 1 heterocycles. The number of allylic oxidation sites excluding steroid dienone is 3. The van der Waals surface area contributed by atoms with Crippen LogP contribution in [0.5, 0.6) is 0 Å². The summed E-state index contributed by atoms with van der Waals surface area (Å²) in [6.45, 7) is 0. The van der Waals surface area contributed by atoms with Crippen molar-refractivity contribution in [2.45, 2.75) is 0 Å². The van der Waals surface area contributed by atoms with Gasteiger partial charge in [-0.15, -0.1) is 0 Å². The number of thioether (sulfide) groups is 1. The van der Waals surface area contributed by atoms with E-state index in [1.165, 1.54) is 11.8 Å². The van der Waals surface area contributed by atoms with Crippen molar-refractivity contribution in [3.63, 3.8) is 0 Å². The van der Waals surface area contributed by atoms with Crippen molar-refractivity contribution in [1.82, 2.24) is 0 Å². The number of hydrogen-bond acceptors (Lipinski definition) is 3. The number of carbonyl (C=O) groups is 1. The van der Waals surface area contributed by atoms with Gasteiger partial charge in [0.15, 0.2) is 5.17 Å². The van der Waals surface area contributed by atoms with E-state index >= 15 is 0 Å². The molecule has 0 aromatic heterocycles. The fraction of sp³-hybridized carbons (Fsp3) is 0.222. The molecule has 1 aliphatic carbocycles. The molecule has 1 aliphatic heterocycles. The highest BCUT2D eigenvalue weighted by atomic mass is 32.2. The Bertz CT molecular complexity index is 366. The molecule has 0 bridgehead atoms. The Morgan fingerprint density at radius 3 is 3.00 bits per heavy atom. The number of hydrogen-bond donors (Lipinski definition) is 0. The van der Waals surface area contributed by atoms with Crippen LogP contribution >= 0.6 is 11.8 Å². The maximum atomic E-state index is 11.4. The number of amidine groups is 1. The Labute approximate surface area is 80.3 Å². The summed E-state index contributed by atoms with van der Waals surface area (Å²) >= 11 is 1.39. The van der Waals surface area contributed by atoms with Gasteiger partial charge in [-0.1, -0.05) is 30.0 Å². The zero-order chi connectivity index (χ0) is 9.26. The van der Waals surface area contributed by atoms with Crippen LogP contribution in [0.3, 0.4) is 0 Å². The third-order valence-corrected chi connectivity index (χ3v) is 2.43. The van der Waals surface area contributed by atoms with Crippen molar-refractivity contribution >= 4 is 28.5 Å². The molecule has 0 saturated carbocycles. The van der Waals surface area contributed by atoms with Gasteiger partial charge < -0.3 is 0 Å². The van der Waals surface area contributed by atoms with E-state index in [1.807, 2.05) is 30.6 Å². The molecule has 0 spiro atoms. The zero-order valence-corrected chi connectivity index (χ0v) is 7.91. The number of nitrogens with zero attached hydrogens (tertiary/aromatic N) is 2. The van der Waals surface area contributed by atoms with E-state index in [-0.39, 0.29) is 11.8 Å². The first-order valence-corrected chi connectivity index (χ1v) is 5.14. The smallest absolute Gasteiger partial charge is 0.261 e. The van der Waals surface area contributed by atoms with Gasteiger partial charge in [0.05, 0.1) is 5.71 Å². The zero-order valence-electron chi connectivity index (χ0n) is 7.10. The van der Waals surface area contributed by atoms with Crippen LogP contribution in [-0.4, -0.2) is 23.0 Å². The minimum absolute atomic E-state index is 0.116. The second kappa shape index (κ2) is 3.30. The molecule has 1 amide bonds. The number of fused-ring (bicyclic) bond motifs is 1. The lowest BCUT2D eigenvalue weighted by molar-refractivity contribution is -0.118. The minimum Gasteiger partial charge on any atom is -0.271 e. The average molecular weight is 192 g/mol. The quantitative estimate of drug-likeness (QED) is 0.582. The van der Waals surface area contributed by atoms with Crippen LogP contribution < -0.4 is 0 Å². The molecule has 4 heteroatoms. The van der Waals surface area contributed by atoms with Gasteiger partial charge in [0.2, 0.25) is 0 Å². The molecule has 0 N–H and O–H groups in total. The first-order valence-electron chi connectivity index (χ1n) is 3.91. The third-order valence-electron chi connectivity index (χ3n) is 1.88.